The van der Waals surface area contributed by atoms with E-state index >= 15 is 0 Å². The maximum Gasteiger partial charge on any atom is 0.247 e. The number of ether oxygens (including phenoxy) is 2. The minimum atomic E-state index is 0.0857. The van der Waals surface area contributed by atoms with Crippen molar-refractivity contribution < 1.29 is 14.3 Å². The van der Waals surface area contributed by atoms with E-state index in [0.717, 1.165) is 36.3 Å². The van der Waals surface area contributed by atoms with Crippen LogP contribution in [0.15, 0.2) is 24.3 Å². The van der Waals surface area contributed by atoms with E-state index in [9.17, 15) is 4.79 Å². The van der Waals surface area contributed by atoms with Crippen LogP contribution in [0.1, 0.15) is 38.7 Å². The second-order valence-corrected chi connectivity index (χ2v) is 5.77. The summed E-state index contributed by atoms with van der Waals surface area (Å²) in [4.78, 5) is 14.5. The first-order valence-electron chi connectivity index (χ1n) is 7.78. The van der Waals surface area contributed by atoms with E-state index in [2.05, 4.69) is 6.92 Å². The second-order valence-electron chi connectivity index (χ2n) is 5.77. The van der Waals surface area contributed by atoms with Gasteiger partial charge in [-0.25, -0.2) is 0 Å². The maximum absolute atomic E-state index is 12.5. The second kappa shape index (κ2) is 7.34. The molecule has 120 valence electrons. The molecule has 1 amide bonds. The molecule has 1 heterocycles. The Bertz CT molecular complexity index is 565. The van der Waals surface area contributed by atoms with E-state index in [0.29, 0.717) is 11.8 Å². The zero-order valence-corrected chi connectivity index (χ0v) is 13.9. The van der Waals surface area contributed by atoms with Crippen molar-refractivity contribution in [3.8, 4) is 11.5 Å². The number of amides is 1. The molecule has 0 N–H and O–H groups in total. The molecule has 0 radical (unpaired) electrons. The van der Waals surface area contributed by atoms with E-state index in [1.54, 1.807) is 20.3 Å². The number of benzene rings is 1. The Labute approximate surface area is 132 Å². The third-order valence-corrected chi connectivity index (χ3v) is 4.26. The lowest BCUT2D eigenvalue weighted by atomic mass is 10.0. The van der Waals surface area contributed by atoms with Gasteiger partial charge in [-0.1, -0.05) is 0 Å². The summed E-state index contributed by atoms with van der Waals surface area (Å²) in [5, 5.41) is 0. The Morgan fingerprint density at radius 2 is 2.05 bits per heavy atom. The van der Waals surface area contributed by atoms with Gasteiger partial charge in [0.25, 0.3) is 0 Å². The molecule has 0 spiro atoms. The Morgan fingerprint density at radius 1 is 1.27 bits per heavy atom. The van der Waals surface area contributed by atoms with Gasteiger partial charge in [-0.15, -0.1) is 0 Å². The predicted molar refractivity (Wildman–Crippen MR) is 88.2 cm³/mol. The molecular formula is C18H25NO3. The third-order valence-electron chi connectivity index (χ3n) is 4.26. The van der Waals surface area contributed by atoms with Crippen LogP contribution in [0.5, 0.6) is 11.5 Å². The molecule has 1 saturated heterocycles. The topological polar surface area (TPSA) is 38.8 Å². The quantitative estimate of drug-likeness (QED) is 0.799. The predicted octanol–water partition coefficient (Wildman–Crippen LogP) is 3.51. The van der Waals surface area contributed by atoms with Crippen LogP contribution in [-0.4, -0.2) is 37.6 Å². The summed E-state index contributed by atoms with van der Waals surface area (Å²) in [6.07, 6.45) is 5.10. The number of rotatable bonds is 4. The van der Waals surface area contributed by atoms with Gasteiger partial charge in [0.15, 0.2) is 0 Å². The van der Waals surface area contributed by atoms with Gasteiger partial charge in [0, 0.05) is 30.3 Å². The first-order chi connectivity index (χ1) is 10.6. The van der Waals surface area contributed by atoms with Gasteiger partial charge in [0.2, 0.25) is 5.91 Å². The number of hydrogen-bond donors (Lipinski definition) is 0. The molecular weight excluding hydrogens is 278 g/mol. The van der Waals surface area contributed by atoms with E-state index in [4.69, 9.17) is 9.47 Å². The van der Waals surface area contributed by atoms with Crippen molar-refractivity contribution in [2.24, 2.45) is 0 Å². The number of carbonyl (C=O) groups is 1. The molecule has 1 aromatic rings. The number of hydrogen-bond acceptors (Lipinski definition) is 3. The lowest BCUT2D eigenvalue weighted by Gasteiger charge is -2.32. The van der Waals surface area contributed by atoms with Gasteiger partial charge in [-0.3, -0.25) is 4.79 Å². The molecule has 2 rings (SSSR count). The summed E-state index contributed by atoms with van der Waals surface area (Å²) >= 11 is 0. The van der Waals surface area contributed by atoms with Crippen molar-refractivity contribution in [1.82, 2.24) is 4.90 Å². The van der Waals surface area contributed by atoms with Crippen molar-refractivity contribution in [3.05, 3.63) is 29.8 Å². The van der Waals surface area contributed by atoms with Gasteiger partial charge in [-0.05, 0) is 50.8 Å². The van der Waals surface area contributed by atoms with E-state index in [1.165, 1.54) is 6.42 Å². The van der Waals surface area contributed by atoms with Gasteiger partial charge in [0.05, 0.1) is 14.2 Å². The number of methoxy groups -OCH3 is 2. The number of allylic oxidation sites excluding steroid dienone is 1. The number of nitrogens with zero attached hydrogens (tertiary/aromatic N) is 1. The molecule has 4 nitrogen and oxygen atoms in total. The molecule has 1 unspecified atom stereocenters. The smallest absolute Gasteiger partial charge is 0.247 e. The number of likely N-dealkylation sites (tertiary alicyclic amines) is 1. The van der Waals surface area contributed by atoms with Crippen molar-refractivity contribution in [1.29, 1.82) is 0 Å². The van der Waals surface area contributed by atoms with Crippen LogP contribution < -0.4 is 9.47 Å². The fourth-order valence-electron chi connectivity index (χ4n) is 2.90. The van der Waals surface area contributed by atoms with Crippen LogP contribution in [0.2, 0.25) is 0 Å². The zero-order chi connectivity index (χ0) is 16.1. The highest BCUT2D eigenvalue weighted by molar-refractivity contribution is 5.95. The first kappa shape index (κ1) is 16.4. The summed E-state index contributed by atoms with van der Waals surface area (Å²) in [5.41, 5.74) is 1.82. The van der Waals surface area contributed by atoms with E-state index in [-0.39, 0.29) is 5.91 Å². The van der Waals surface area contributed by atoms with E-state index in [1.807, 2.05) is 30.0 Å². The minimum absolute atomic E-state index is 0.0857. The monoisotopic (exact) mass is 303 g/mol. The molecule has 0 saturated carbocycles. The van der Waals surface area contributed by atoms with Gasteiger partial charge in [0.1, 0.15) is 11.5 Å². The van der Waals surface area contributed by atoms with Gasteiger partial charge in [-0.2, -0.15) is 0 Å². The summed E-state index contributed by atoms with van der Waals surface area (Å²) in [5.74, 6) is 1.54. The molecule has 0 bridgehead atoms. The molecule has 1 aliphatic heterocycles. The van der Waals surface area contributed by atoms with Crippen molar-refractivity contribution in [3.63, 3.8) is 0 Å². The molecule has 1 aromatic carbocycles. The standard InChI is InChI=1S/C18H25NO3/c1-13(11-18(20)19-10-6-5-7-14(19)2)16-9-8-15(21-3)12-17(16)22-4/h8-9,11-12,14H,5-7,10H2,1-4H3/b13-11+. The average molecular weight is 303 g/mol. The summed E-state index contributed by atoms with van der Waals surface area (Å²) in [7, 11) is 3.25. The minimum Gasteiger partial charge on any atom is -0.497 e. The Hall–Kier alpha value is -1.97. The fraction of sp³-hybridized carbons (Fsp3) is 0.500. The van der Waals surface area contributed by atoms with Crippen LogP contribution in [0.3, 0.4) is 0 Å². The van der Waals surface area contributed by atoms with Crippen LogP contribution in [-0.2, 0) is 4.79 Å². The Kier molecular flexibility index (Phi) is 5.47. The van der Waals surface area contributed by atoms with Crippen molar-refractivity contribution >= 4 is 11.5 Å². The normalized spacial score (nSPS) is 19.0. The molecule has 4 heteroatoms. The molecule has 0 aliphatic carbocycles. The summed E-state index contributed by atoms with van der Waals surface area (Å²) in [6.45, 7) is 4.91. The average Bonchev–Trinajstić information content (AvgIpc) is 2.54. The molecule has 1 atom stereocenters. The third kappa shape index (κ3) is 3.62. The highest BCUT2D eigenvalue weighted by Crippen LogP contribution is 2.30. The zero-order valence-electron chi connectivity index (χ0n) is 13.9. The summed E-state index contributed by atoms with van der Waals surface area (Å²) in [6, 6.07) is 5.96. The SMILES string of the molecule is COc1ccc(/C(C)=C/C(=O)N2CCCCC2C)c(OC)c1. The molecule has 0 aromatic heterocycles. The van der Waals surface area contributed by atoms with Crippen molar-refractivity contribution in [2.45, 2.75) is 39.2 Å². The molecule has 22 heavy (non-hydrogen) atoms. The lowest BCUT2D eigenvalue weighted by Crippen LogP contribution is -2.41. The lowest BCUT2D eigenvalue weighted by molar-refractivity contribution is -0.129. The largest absolute Gasteiger partial charge is 0.497 e. The van der Waals surface area contributed by atoms with Crippen molar-refractivity contribution in [2.75, 3.05) is 20.8 Å². The first-order valence-corrected chi connectivity index (χ1v) is 7.78. The van der Waals surface area contributed by atoms with Crippen LogP contribution in [0.4, 0.5) is 0 Å². The van der Waals surface area contributed by atoms with Gasteiger partial charge >= 0.3 is 0 Å². The van der Waals surface area contributed by atoms with Crippen LogP contribution >= 0.6 is 0 Å². The Balaban J connectivity index is 2.22. The van der Waals surface area contributed by atoms with E-state index < -0.39 is 0 Å². The number of carbonyl (C=O) groups excluding carboxylic acids is 1. The van der Waals surface area contributed by atoms with Crippen LogP contribution in [0.25, 0.3) is 5.57 Å². The summed E-state index contributed by atoms with van der Waals surface area (Å²) < 4.78 is 10.6. The molecule has 1 fully saturated rings. The Morgan fingerprint density at radius 3 is 2.68 bits per heavy atom. The fourth-order valence-corrected chi connectivity index (χ4v) is 2.90. The van der Waals surface area contributed by atoms with Crippen LogP contribution in [0, 0.1) is 0 Å². The highest BCUT2D eigenvalue weighted by atomic mass is 16.5. The highest BCUT2D eigenvalue weighted by Gasteiger charge is 2.22. The van der Waals surface area contributed by atoms with Gasteiger partial charge < -0.3 is 14.4 Å². The maximum atomic E-state index is 12.5. The molecule has 1 aliphatic rings. The number of piperidine rings is 1.